The van der Waals surface area contributed by atoms with E-state index < -0.39 is 29.6 Å². The summed E-state index contributed by atoms with van der Waals surface area (Å²) in [5.74, 6) is -0.232. The van der Waals surface area contributed by atoms with Gasteiger partial charge in [0.2, 0.25) is 5.91 Å². The van der Waals surface area contributed by atoms with Crippen molar-refractivity contribution in [2.75, 3.05) is 47.1 Å². The number of fused-ring (bicyclic) bond motifs is 1. The highest BCUT2D eigenvalue weighted by Crippen LogP contribution is 2.38. The largest absolute Gasteiger partial charge is 0.497 e. The lowest BCUT2D eigenvalue weighted by atomic mass is 9.82. The molecule has 3 rings (SSSR count). The lowest BCUT2D eigenvalue weighted by molar-refractivity contribution is -0.161. The van der Waals surface area contributed by atoms with Crippen LogP contribution in [-0.4, -0.2) is 98.6 Å². The van der Waals surface area contributed by atoms with Crippen LogP contribution in [0.5, 0.6) is 5.75 Å². The number of methoxy groups -OCH3 is 2. The molecule has 2 aliphatic rings. The monoisotopic (exact) mass is 606 g/mol. The highest BCUT2D eigenvalue weighted by molar-refractivity contribution is 5.73. The maximum Gasteiger partial charge on any atom is 0.410 e. The number of hydrogen-bond donors (Lipinski definition) is 0. The predicted octanol–water partition coefficient (Wildman–Crippen LogP) is 5.44. The average Bonchev–Trinajstić information content (AvgIpc) is 3.22. The Bertz CT molecular complexity index is 1060. The highest BCUT2D eigenvalue weighted by Gasteiger charge is 2.47. The first-order valence-electron chi connectivity index (χ1n) is 15.5. The molecule has 5 atom stereocenters. The summed E-state index contributed by atoms with van der Waals surface area (Å²) < 4.78 is 36.1. The second-order valence-electron chi connectivity index (χ2n) is 13.4. The van der Waals surface area contributed by atoms with Crippen LogP contribution in [-0.2, 0) is 28.5 Å². The van der Waals surface area contributed by atoms with Crippen LogP contribution in [0.15, 0.2) is 24.3 Å². The van der Waals surface area contributed by atoms with Gasteiger partial charge in [-0.1, -0.05) is 26.0 Å². The first-order chi connectivity index (χ1) is 20.2. The van der Waals surface area contributed by atoms with Crippen molar-refractivity contribution in [2.45, 2.75) is 104 Å². The van der Waals surface area contributed by atoms with Crippen LogP contribution in [0.4, 0.5) is 4.79 Å². The van der Waals surface area contributed by atoms with Gasteiger partial charge in [-0.15, -0.1) is 0 Å². The molecule has 2 fully saturated rings. The number of carbonyl (C=O) groups excluding carboxylic acids is 2. The molecule has 0 unspecified atom stereocenters. The van der Waals surface area contributed by atoms with Gasteiger partial charge in [-0.3, -0.25) is 4.79 Å². The summed E-state index contributed by atoms with van der Waals surface area (Å²) in [7, 11) is 3.26. The molecule has 0 aromatic heterocycles. The van der Waals surface area contributed by atoms with Crippen molar-refractivity contribution in [3.63, 3.8) is 0 Å². The van der Waals surface area contributed by atoms with E-state index in [9.17, 15) is 9.59 Å². The van der Waals surface area contributed by atoms with E-state index in [0.717, 1.165) is 12.0 Å². The minimum absolute atomic E-state index is 0.0868. The molecular formula is C33H54N2O8. The second-order valence-corrected chi connectivity index (χ2v) is 13.4. The van der Waals surface area contributed by atoms with Gasteiger partial charge in [0.25, 0.3) is 0 Å². The number of ether oxygens (including phenoxy) is 6. The summed E-state index contributed by atoms with van der Waals surface area (Å²) >= 11 is 0. The topological polar surface area (TPSA) is 96.0 Å². The van der Waals surface area contributed by atoms with E-state index in [0.29, 0.717) is 45.0 Å². The highest BCUT2D eigenvalue weighted by atomic mass is 16.8. The maximum atomic E-state index is 13.9. The van der Waals surface area contributed by atoms with Gasteiger partial charge >= 0.3 is 6.09 Å². The van der Waals surface area contributed by atoms with E-state index in [1.807, 2.05) is 68.7 Å². The van der Waals surface area contributed by atoms with Crippen LogP contribution in [0, 0.1) is 11.8 Å². The van der Waals surface area contributed by atoms with E-state index >= 15 is 0 Å². The third-order valence-electron chi connectivity index (χ3n) is 8.05. The minimum Gasteiger partial charge on any atom is -0.497 e. The summed E-state index contributed by atoms with van der Waals surface area (Å²) in [5, 5.41) is 0. The fourth-order valence-electron chi connectivity index (χ4n) is 5.93. The zero-order chi connectivity index (χ0) is 31.9. The summed E-state index contributed by atoms with van der Waals surface area (Å²) in [6.45, 7) is 17.2. The van der Waals surface area contributed by atoms with Crippen molar-refractivity contribution >= 4 is 12.0 Å². The molecule has 2 amide bonds. The Morgan fingerprint density at radius 2 is 1.79 bits per heavy atom. The summed E-state index contributed by atoms with van der Waals surface area (Å²) in [5.41, 5.74) is 0.247. The molecule has 0 radical (unpaired) electrons. The molecule has 10 heteroatoms. The molecule has 1 aromatic carbocycles. The quantitative estimate of drug-likeness (QED) is 0.447. The first-order valence-corrected chi connectivity index (χ1v) is 15.5. The summed E-state index contributed by atoms with van der Waals surface area (Å²) in [4.78, 5) is 30.8. The van der Waals surface area contributed by atoms with Gasteiger partial charge in [0.1, 0.15) is 29.7 Å². The SMILES string of the molecule is COc1cccc([C@@H]2[C@@H](C(C)C)CN(C(C)=O)C[C@H](OC)[C@H]3OC(C)(C)O[C@H]3COCCCCN2C(=O)OC(C)(C)C)c1. The number of carbonyl (C=O) groups is 2. The van der Waals surface area contributed by atoms with Gasteiger partial charge in [-0.25, -0.2) is 4.79 Å². The van der Waals surface area contributed by atoms with Gasteiger partial charge in [-0.05, 0) is 71.1 Å². The zero-order valence-corrected chi connectivity index (χ0v) is 27.9. The van der Waals surface area contributed by atoms with Crippen LogP contribution in [0.3, 0.4) is 0 Å². The molecule has 0 saturated carbocycles. The molecule has 2 heterocycles. The first kappa shape index (κ1) is 35.1. The molecule has 244 valence electrons. The molecule has 0 bridgehead atoms. The number of rotatable bonds is 4. The van der Waals surface area contributed by atoms with Gasteiger partial charge in [0.05, 0.1) is 19.8 Å². The van der Waals surface area contributed by atoms with E-state index in [-0.39, 0.29) is 29.9 Å². The Balaban J connectivity index is 2.12. The van der Waals surface area contributed by atoms with E-state index in [1.165, 1.54) is 0 Å². The zero-order valence-electron chi connectivity index (χ0n) is 27.9. The Labute approximate surface area is 258 Å². The third kappa shape index (κ3) is 9.80. The van der Waals surface area contributed by atoms with Crippen molar-refractivity contribution in [1.29, 1.82) is 0 Å². The molecule has 2 saturated heterocycles. The lowest BCUT2D eigenvalue weighted by Crippen LogP contribution is -2.51. The van der Waals surface area contributed by atoms with Gasteiger partial charge in [0.15, 0.2) is 5.79 Å². The fraction of sp³-hybridized carbons (Fsp3) is 0.758. The van der Waals surface area contributed by atoms with Crippen LogP contribution >= 0.6 is 0 Å². The van der Waals surface area contributed by atoms with E-state index in [2.05, 4.69) is 13.8 Å². The average molecular weight is 607 g/mol. The number of benzene rings is 1. The number of hydrogen-bond acceptors (Lipinski definition) is 8. The Hall–Kier alpha value is -2.40. The smallest absolute Gasteiger partial charge is 0.410 e. The Morgan fingerprint density at radius 1 is 1.07 bits per heavy atom. The number of nitrogens with zero attached hydrogens (tertiary/aromatic N) is 2. The van der Waals surface area contributed by atoms with Crippen molar-refractivity contribution in [2.24, 2.45) is 11.8 Å². The molecule has 10 nitrogen and oxygen atoms in total. The second kappa shape index (κ2) is 15.1. The molecule has 1 aromatic rings. The van der Waals surface area contributed by atoms with Gasteiger partial charge in [-0.2, -0.15) is 0 Å². The van der Waals surface area contributed by atoms with Crippen molar-refractivity contribution in [3.8, 4) is 5.75 Å². The number of amides is 2. The summed E-state index contributed by atoms with van der Waals surface area (Å²) in [6.07, 6.45) is -0.155. The van der Waals surface area contributed by atoms with Gasteiger partial charge < -0.3 is 38.2 Å². The van der Waals surface area contributed by atoms with Crippen LogP contribution in [0.2, 0.25) is 0 Å². The standard InChI is InChI=1S/C33H54N2O8/c1-22(2)26-19-34(23(3)36)20-27(39-10)30-28(41-33(7,8)42-30)21-40-17-12-11-16-35(31(37)43-32(4,5)6)29(26)24-14-13-15-25(18-24)38-9/h13-15,18,22,26-30H,11-12,16-17,19-21H2,1-10H3/t26-,27+,28+,29-,30-/m1/s1. The Kier molecular flexibility index (Phi) is 12.3. The molecule has 2 aliphatic heterocycles. The van der Waals surface area contributed by atoms with Crippen molar-refractivity contribution < 1.29 is 38.0 Å². The van der Waals surface area contributed by atoms with Gasteiger partial charge in [0, 0.05) is 46.2 Å². The molecule has 43 heavy (non-hydrogen) atoms. The summed E-state index contributed by atoms with van der Waals surface area (Å²) in [6, 6.07) is 7.43. The molecule has 0 N–H and O–H groups in total. The van der Waals surface area contributed by atoms with E-state index in [4.69, 9.17) is 28.4 Å². The molecule has 0 spiro atoms. The lowest BCUT2D eigenvalue weighted by Gasteiger charge is -2.42. The third-order valence-corrected chi connectivity index (χ3v) is 8.05. The van der Waals surface area contributed by atoms with Crippen LogP contribution < -0.4 is 4.74 Å². The normalized spacial score (nSPS) is 27.7. The minimum atomic E-state index is -0.798. The maximum absolute atomic E-state index is 13.9. The fourth-order valence-corrected chi connectivity index (χ4v) is 5.93. The van der Waals surface area contributed by atoms with Crippen molar-refractivity contribution in [3.05, 3.63) is 29.8 Å². The Morgan fingerprint density at radius 3 is 2.40 bits per heavy atom. The predicted molar refractivity (Wildman–Crippen MR) is 164 cm³/mol. The molecule has 0 aliphatic carbocycles. The van der Waals surface area contributed by atoms with E-state index in [1.54, 1.807) is 21.1 Å². The van der Waals surface area contributed by atoms with Crippen LogP contribution in [0.1, 0.15) is 79.8 Å². The van der Waals surface area contributed by atoms with Crippen molar-refractivity contribution in [1.82, 2.24) is 9.80 Å². The molecular weight excluding hydrogens is 552 g/mol. The van der Waals surface area contributed by atoms with Crippen LogP contribution in [0.25, 0.3) is 0 Å².